The van der Waals surface area contributed by atoms with Crippen LogP contribution in [0.15, 0.2) is 53.5 Å². The van der Waals surface area contributed by atoms with Crippen molar-refractivity contribution in [1.82, 2.24) is 15.0 Å². The molecular formula is C23H19ClF2N4O2. The van der Waals surface area contributed by atoms with Gasteiger partial charge in [0.2, 0.25) is 0 Å². The molecule has 4 rings (SSSR count). The summed E-state index contributed by atoms with van der Waals surface area (Å²) in [5, 5.41) is 12.9. The highest BCUT2D eigenvalue weighted by Crippen LogP contribution is 2.25. The number of aliphatic hydroxyl groups is 1. The Balaban J connectivity index is 1.63. The molecule has 2 aromatic carbocycles. The lowest BCUT2D eigenvalue weighted by atomic mass is 10.1. The van der Waals surface area contributed by atoms with E-state index in [4.69, 9.17) is 16.7 Å². The Morgan fingerprint density at radius 3 is 2.56 bits per heavy atom. The van der Waals surface area contributed by atoms with Gasteiger partial charge in [-0.2, -0.15) is 0 Å². The molecule has 0 aliphatic heterocycles. The second kappa shape index (κ2) is 9.42. The van der Waals surface area contributed by atoms with Gasteiger partial charge in [0, 0.05) is 42.4 Å². The summed E-state index contributed by atoms with van der Waals surface area (Å²) >= 11 is 6.14. The molecule has 9 heteroatoms. The summed E-state index contributed by atoms with van der Waals surface area (Å²) in [4.78, 5) is 24.3. The molecule has 0 spiro atoms. The van der Waals surface area contributed by atoms with Gasteiger partial charge in [0.25, 0.3) is 5.56 Å². The molecule has 2 aromatic heterocycles. The fraction of sp³-hybridized carbons (Fsp3) is 0.174. The monoisotopic (exact) mass is 456 g/mol. The third-order valence-electron chi connectivity index (χ3n) is 4.83. The van der Waals surface area contributed by atoms with Crippen molar-refractivity contribution in [2.75, 3.05) is 18.5 Å². The normalized spacial score (nSPS) is 11.1. The fourth-order valence-electron chi connectivity index (χ4n) is 3.37. The first-order chi connectivity index (χ1) is 15.4. The van der Waals surface area contributed by atoms with E-state index in [2.05, 4.69) is 20.3 Å². The molecule has 0 bridgehead atoms. The number of halogens is 3. The quantitative estimate of drug-likeness (QED) is 0.361. The molecule has 0 radical (unpaired) electrons. The number of pyridine rings is 1. The molecule has 4 aromatic rings. The van der Waals surface area contributed by atoms with Crippen molar-refractivity contribution >= 4 is 28.2 Å². The van der Waals surface area contributed by atoms with Crippen LogP contribution < -0.4 is 10.9 Å². The number of aromatic nitrogens is 3. The first-order valence-electron chi connectivity index (χ1n) is 9.91. The van der Waals surface area contributed by atoms with E-state index in [1.807, 2.05) is 0 Å². The topological polar surface area (TPSA) is 90.9 Å². The van der Waals surface area contributed by atoms with E-state index in [1.54, 1.807) is 30.5 Å². The van der Waals surface area contributed by atoms with Gasteiger partial charge in [-0.05, 0) is 42.3 Å². The molecule has 0 unspecified atom stereocenters. The number of aromatic amines is 1. The number of hydrogen-bond donors (Lipinski definition) is 3. The van der Waals surface area contributed by atoms with Gasteiger partial charge in [0.1, 0.15) is 23.0 Å². The number of aliphatic hydroxyl groups excluding tert-OH is 1. The predicted molar refractivity (Wildman–Crippen MR) is 120 cm³/mol. The third kappa shape index (κ3) is 4.92. The summed E-state index contributed by atoms with van der Waals surface area (Å²) < 4.78 is 26.9. The van der Waals surface area contributed by atoms with Crippen molar-refractivity contribution in [1.29, 1.82) is 0 Å². The molecule has 0 fully saturated rings. The molecule has 164 valence electrons. The molecule has 0 amide bonds. The molecule has 0 aliphatic rings. The zero-order valence-electron chi connectivity index (χ0n) is 16.8. The number of nitrogens with zero attached hydrogens (tertiary/aromatic N) is 2. The Morgan fingerprint density at radius 1 is 1.09 bits per heavy atom. The number of anilines is 1. The Morgan fingerprint density at radius 2 is 1.88 bits per heavy atom. The van der Waals surface area contributed by atoms with Gasteiger partial charge in [-0.25, -0.2) is 13.8 Å². The molecule has 0 atom stereocenters. The first-order valence-corrected chi connectivity index (χ1v) is 10.3. The van der Waals surface area contributed by atoms with Crippen LogP contribution in [-0.4, -0.2) is 33.2 Å². The van der Waals surface area contributed by atoms with Gasteiger partial charge in [-0.3, -0.25) is 9.78 Å². The molecule has 0 saturated carbocycles. The first kappa shape index (κ1) is 21.9. The highest BCUT2D eigenvalue weighted by atomic mass is 35.5. The molecule has 0 aliphatic carbocycles. The second-order valence-corrected chi connectivity index (χ2v) is 7.69. The summed E-state index contributed by atoms with van der Waals surface area (Å²) in [5.74, 6) is -0.916. The number of nitrogens with one attached hydrogen (secondary N) is 2. The maximum absolute atomic E-state index is 13.5. The lowest BCUT2D eigenvalue weighted by molar-refractivity contribution is 0.292. The lowest BCUT2D eigenvalue weighted by Crippen LogP contribution is -2.14. The van der Waals surface area contributed by atoms with Crippen LogP contribution in [0.4, 0.5) is 14.5 Å². The van der Waals surface area contributed by atoms with Crippen LogP contribution in [0.5, 0.6) is 0 Å². The Bertz CT molecular complexity index is 1310. The van der Waals surface area contributed by atoms with Gasteiger partial charge < -0.3 is 15.4 Å². The van der Waals surface area contributed by atoms with Gasteiger partial charge in [0.05, 0.1) is 16.8 Å². The highest BCUT2D eigenvalue weighted by Gasteiger charge is 2.11. The minimum absolute atomic E-state index is 0.0377. The van der Waals surface area contributed by atoms with Crippen LogP contribution in [0, 0.1) is 11.6 Å². The molecule has 0 saturated heterocycles. The minimum Gasteiger partial charge on any atom is -0.396 e. The van der Waals surface area contributed by atoms with Crippen LogP contribution in [-0.2, 0) is 6.42 Å². The van der Waals surface area contributed by atoms with Crippen LogP contribution in [0.1, 0.15) is 17.8 Å². The molecular weight excluding hydrogens is 438 g/mol. The van der Waals surface area contributed by atoms with Crippen molar-refractivity contribution in [2.45, 2.75) is 12.8 Å². The number of rotatable bonds is 7. The summed E-state index contributed by atoms with van der Waals surface area (Å²) in [5.41, 5.74) is 2.29. The fourth-order valence-corrected chi connectivity index (χ4v) is 3.59. The van der Waals surface area contributed by atoms with Crippen molar-refractivity contribution < 1.29 is 13.9 Å². The maximum atomic E-state index is 13.5. The Labute approximate surface area is 186 Å². The van der Waals surface area contributed by atoms with Crippen molar-refractivity contribution in [3.8, 4) is 11.3 Å². The smallest absolute Gasteiger partial charge is 0.258 e. The van der Waals surface area contributed by atoms with E-state index >= 15 is 0 Å². The maximum Gasteiger partial charge on any atom is 0.258 e. The minimum atomic E-state index is -0.674. The Kier molecular flexibility index (Phi) is 6.43. The van der Waals surface area contributed by atoms with Crippen molar-refractivity contribution in [3.63, 3.8) is 0 Å². The zero-order chi connectivity index (χ0) is 22.7. The van der Waals surface area contributed by atoms with E-state index in [1.165, 1.54) is 12.1 Å². The molecule has 6 nitrogen and oxygen atoms in total. The highest BCUT2D eigenvalue weighted by molar-refractivity contribution is 6.31. The van der Waals surface area contributed by atoms with E-state index in [0.29, 0.717) is 58.1 Å². The standard InChI is InChI=1S/C23H19ClF2N4O2/c24-15-9-18-22(20(10-15)27-4-1-5-31)29-21(30-23(18)32)6-13-2-3-19(28-12-13)14-7-16(25)11-17(26)8-14/h2-3,7-12,27,31H,1,4-6H2,(H,29,30,32). The van der Waals surface area contributed by atoms with E-state index < -0.39 is 11.6 Å². The van der Waals surface area contributed by atoms with Gasteiger partial charge in [-0.15, -0.1) is 0 Å². The number of benzene rings is 2. The Hall–Kier alpha value is -3.36. The van der Waals surface area contributed by atoms with Crippen LogP contribution >= 0.6 is 11.6 Å². The average molecular weight is 457 g/mol. The second-order valence-electron chi connectivity index (χ2n) is 7.25. The number of H-pyrrole nitrogens is 1. The summed E-state index contributed by atoms with van der Waals surface area (Å²) in [6.45, 7) is 0.540. The lowest BCUT2D eigenvalue weighted by Gasteiger charge is -2.11. The van der Waals surface area contributed by atoms with E-state index in [0.717, 1.165) is 11.6 Å². The third-order valence-corrected chi connectivity index (χ3v) is 5.05. The summed E-state index contributed by atoms with van der Waals surface area (Å²) in [7, 11) is 0. The SMILES string of the molecule is O=c1[nH]c(Cc2ccc(-c3cc(F)cc(F)c3)nc2)nc2c(NCCCO)cc(Cl)cc12. The number of hydrogen-bond acceptors (Lipinski definition) is 5. The van der Waals surface area contributed by atoms with Crippen LogP contribution in [0.2, 0.25) is 5.02 Å². The largest absolute Gasteiger partial charge is 0.396 e. The van der Waals surface area contributed by atoms with E-state index in [-0.39, 0.29) is 12.2 Å². The predicted octanol–water partition coefficient (Wildman–Crippen LogP) is 4.30. The van der Waals surface area contributed by atoms with Crippen LogP contribution in [0.3, 0.4) is 0 Å². The average Bonchev–Trinajstić information content (AvgIpc) is 2.74. The zero-order valence-corrected chi connectivity index (χ0v) is 17.6. The van der Waals surface area contributed by atoms with Crippen molar-refractivity contribution in [2.24, 2.45) is 0 Å². The molecule has 32 heavy (non-hydrogen) atoms. The van der Waals surface area contributed by atoms with E-state index in [9.17, 15) is 13.6 Å². The van der Waals surface area contributed by atoms with Crippen molar-refractivity contribution in [3.05, 3.63) is 87.1 Å². The van der Waals surface area contributed by atoms with Gasteiger partial charge >= 0.3 is 0 Å². The van der Waals surface area contributed by atoms with Crippen LogP contribution in [0.25, 0.3) is 22.2 Å². The van der Waals surface area contributed by atoms with Gasteiger partial charge in [0.15, 0.2) is 0 Å². The number of fused-ring (bicyclic) bond motifs is 1. The molecule has 3 N–H and O–H groups in total. The molecule has 2 heterocycles. The van der Waals surface area contributed by atoms with Gasteiger partial charge in [-0.1, -0.05) is 17.7 Å². The summed E-state index contributed by atoms with van der Waals surface area (Å²) in [6, 6.07) is 9.89. The summed E-state index contributed by atoms with van der Waals surface area (Å²) in [6.07, 6.45) is 2.41.